The Labute approximate surface area is 121 Å². The van der Waals surface area contributed by atoms with Gasteiger partial charge in [-0.1, -0.05) is 24.3 Å². The summed E-state index contributed by atoms with van der Waals surface area (Å²) in [5.41, 5.74) is 2.03. The maximum Gasteiger partial charge on any atom is 0.319 e. The van der Waals surface area contributed by atoms with Crippen LogP contribution in [-0.2, 0) is 13.0 Å². The van der Waals surface area contributed by atoms with Gasteiger partial charge in [0.1, 0.15) is 5.82 Å². The highest BCUT2D eigenvalue weighted by molar-refractivity contribution is 5.35. The molecule has 0 amide bonds. The first-order chi connectivity index (χ1) is 10.1. The van der Waals surface area contributed by atoms with Gasteiger partial charge in [-0.3, -0.25) is 9.47 Å². The van der Waals surface area contributed by atoms with Crippen molar-refractivity contribution in [2.24, 2.45) is 0 Å². The number of hydrogen-bond donors (Lipinski definition) is 1. The smallest absolute Gasteiger partial charge is 0.319 e. The number of aliphatic hydroxyl groups is 1. The molecule has 112 valence electrons. The van der Waals surface area contributed by atoms with E-state index < -0.39 is 12.7 Å². The van der Waals surface area contributed by atoms with Gasteiger partial charge in [-0.15, -0.1) is 0 Å². The maximum absolute atomic E-state index is 12.8. The fourth-order valence-electron chi connectivity index (χ4n) is 2.93. The fourth-order valence-corrected chi connectivity index (χ4v) is 2.93. The zero-order valence-corrected chi connectivity index (χ0v) is 11.7. The SMILES string of the molecule is CN(Cc1nccn1C(F)F)C1Cc2ccccc2C1O. The molecule has 1 aromatic heterocycles. The number of imidazole rings is 1. The molecule has 2 unspecified atom stereocenters. The van der Waals surface area contributed by atoms with E-state index in [1.54, 1.807) is 0 Å². The molecule has 21 heavy (non-hydrogen) atoms. The van der Waals surface area contributed by atoms with Crippen LogP contribution >= 0.6 is 0 Å². The monoisotopic (exact) mass is 293 g/mol. The first kappa shape index (κ1) is 14.2. The van der Waals surface area contributed by atoms with Crippen LogP contribution in [0.15, 0.2) is 36.7 Å². The number of aromatic nitrogens is 2. The van der Waals surface area contributed by atoms with Gasteiger partial charge in [0.2, 0.25) is 0 Å². The molecule has 0 spiro atoms. The van der Waals surface area contributed by atoms with Crippen molar-refractivity contribution >= 4 is 0 Å². The average molecular weight is 293 g/mol. The van der Waals surface area contributed by atoms with Crippen molar-refractivity contribution < 1.29 is 13.9 Å². The number of nitrogens with zero attached hydrogens (tertiary/aromatic N) is 3. The second-order valence-electron chi connectivity index (χ2n) is 5.36. The number of rotatable bonds is 4. The second kappa shape index (κ2) is 5.54. The third-order valence-corrected chi connectivity index (χ3v) is 4.08. The van der Waals surface area contributed by atoms with E-state index in [2.05, 4.69) is 4.98 Å². The zero-order valence-electron chi connectivity index (χ0n) is 11.7. The number of benzene rings is 1. The Morgan fingerprint density at radius 3 is 2.90 bits per heavy atom. The minimum absolute atomic E-state index is 0.120. The van der Waals surface area contributed by atoms with Gasteiger partial charge in [0.15, 0.2) is 0 Å². The van der Waals surface area contributed by atoms with Gasteiger partial charge in [0, 0.05) is 18.4 Å². The predicted octanol–water partition coefficient (Wildman–Crippen LogP) is 2.37. The molecule has 0 bridgehead atoms. The lowest BCUT2D eigenvalue weighted by molar-refractivity contribution is 0.0519. The van der Waals surface area contributed by atoms with Crippen LogP contribution < -0.4 is 0 Å². The summed E-state index contributed by atoms with van der Waals surface area (Å²) in [7, 11) is 1.82. The molecule has 6 heteroatoms. The first-order valence-electron chi connectivity index (χ1n) is 6.84. The predicted molar refractivity (Wildman–Crippen MR) is 73.8 cm³/mol. The minimum atomic E-state index is -2.60. The molecule has 1 aliphatic carbocycles. The van der Waals surface area contributed by atoms with Crippen LogP contribution in [-0.4, -0.2) is 32.6 Å². The van der Waals surface area contributed by atoms with Crippen LogP contribution in [0, 0.1) is 0 Å². The normalized spacial score (nSPS) is 21.2. The standard InChI is InChI=1S/C15H17F2N3O/c1-19(9-13-18-6-7-20(13)15(16)17)12-8-10-4-2-3-5-11(10)14(12)21/h2-7,12,14-15,21H,8-9H2,1H3. The van der Waals surface area contributed by atoms with Crippen molar-refractivity contribution in [3.63, 3.8) is 0 Å². The quantitative estimate of drug-likeness (QED) is 0.941. The van der Waals surface area contributed by atoms with Gasteiger partial charge in [0.25, 0.3) is 0 Å². The number of halogens is 2. The van der Waals surface area contributed by atoms with Crippen LogP contribution in [0.4, 0.5) is 8.78 Å². The Morgan fingerprint density at radius 1 is 1.43 bits per heavy atom. The minimum Gasteiger partial charge on any atom is -0.387 e. The molecule has 4 nitrogen and oxygen atoms in total. The van der Waals surface area contributed by atoms with Crippen molar-refractivity contribution in [3.05, 3.63) is 53.6 Å². The highest BCUT2D eigenvalue weighted by atomic mass is 19.3. The van der Waals surface area contributed by atoms with E-state index in [0.717, 1.165) is 15.7 Å². The third-order valence-electron chi connectivity index (χ3n) is 4.08. The van der Waals surface area contributed by atoms with E-state index >= 15 is 0 Å². The highest BCUT2D eigenvalue weighted by Crippen LogP contribution is 2.34. The van der Waals surface area contributed by atoms with Crippen molar-refractivity contribution in [1.29, 1.82) is 0 Å². The van der Waals surface area contributed by atoms with E-state index in [1.165, 1.54) is 12.4 Å². The summed E-state index contributed by atoms with van der Waals surface area (Å²) < 4.78 is 26.5. The van der Waals surface area contributed by atoms with Gasteiger partial charge in [-0.05, 0) is 24.6 Å². The van der Waals surface area contributed by atoms with Gasteiger partial charge >= 0.3 is 6.55 Å². The van der Waals surface area contributed by atoms with E-state index in [-0.39, 0.29) is 12.6 Å². The zero-order chi connectivity index (χ0) is 15.0. The largest absolute Gasteiger partial charge is 0.387 e. The van der Waals surface area contributed by atoms with Crippen LogP contribution in [0.1, 0.15) is 29.6 Å². The first-order valence-corrected chi connectivity index (χ1v) is 6.84. The van der Waals surface area contributed by atoms with Gasteiger partial charge < -0.3 is 5.11 Å². The Morgan fingerprint density at radius 2 is 2.19 bits per heavy atom. The molecule has 3 rings (SSSR count). The summed E-state index contributed by atoms with van der Waals surface area (Å²) in [4.78, 5) is 5.86. The molecule has 0 aliphatic heterocycles. The van der Waals surface area contributed by atoms with Gasteiger partial charge in [-0.25, -0.2) is 4.98 Å². The average Bonchev–Trinajstić information content (AvgIpc) is 3.04. The van der Waals surface area contributed by atoms with E-state index in [9.17, 15) is 13.9 Å². The summed E-state index contributed by atoms with van der Waals surface area (Å²) in [6, 6.07) is 7.62. The van der Waals surface area contributed by atoms with Gasteiger partial charge in [0.05, 0.1) is 12.6 Å². The summed E-state index contributed by atoms with van der Waals surface area (Å²) in [6.45, 7) is -2.32. The van der Waals surface area contributed by atoms with Gasteiger partial charge in [-0.2, -0.15) is 8.78 Å². The molecule has 0 fully saturated rings. The number of fused-ring (bicyclic) bond motifs is 1. The molecule has 0 saturated heterocycles. The van der Waals surface area contributed by atoms with E-state index in [4.69, 9.17) is 0 Å². The Kier molecular flexibility index (Phi) is 3.73. The Bertz CT molecular complexity index is 629. The molecule has 1 aliphatic rings. The molecule has 2 aromatic rings. The van der Waals surface area contributed by atoms with Crippen molar-refractivity contribution in [2.45, 2.75) is 31.7 Å². The molecule has 1 N–H and O–H groups in total. The summed E-state index contributed by atoms with van der Waals surface area (Å²) in [5.74, 6) is 0.302. The summed E-state index contributed by atoms with van der Waals surface area (Å²) >= 11 is 0. The Balaban J connectivity index is 1.75. The third kappa shape index (κ3) is 2.56. The van der Waals surface area contributed by atoms with Crippen LogP contribution in [0.5, 0.6) is 0 Å². The van der Waals surface area contributed by atoms with Crippen LogP contribution in [0.3, 0.4) is 0 Å². The molecule has 1 heterocycles. The van der Waals surface area contributed by atoms with Crippen molar-refractivity contribution in [1.82, 2.24) is 14.5 Å². The number of likely N-dealkylation sites (N-methyl/N-ethyl adjacent to an activating group) is 1. The van der Waals surface area contributed by atoms with Crippen molar-refractivity contribution in [3.8, 4) is 0 Å². The molecular formula is C15H17F2N3O. The molecular weight excluding hydrogens is 276 g/mol. The topological polar surface area (TPSA) is 41.3 Å². The molecule has 0 radical (unpaired) electrons. The number of hydrogen-bond acceptors (Lipinski definition) is 3. The lowest BCUT2D eigenvalue weighted by atomic mass is 10.1. The fraction of sp³-hybridized carbons (Fsp3) is 0.400. The Hall–Kier alpha value is -1.79. The number of aliphatic hydroxyl groups excluding tert-OH is 1. The number of alkyl halides is 2. The lowest BCUT2D eigenvalue weighted by Gasteiger charge is -2.27. The lowest BCUT2D eigenvalue weighted by Crippen LogP contribution is -2.35. The van der Waals surface area contributed by atoms with E-state index in [0.29, 0.717) is 12.2 Å². The maximum atomic E-state index is 12.8. The summed E-state index contributed by atoms with van der Waals surface area (Å²) in [6.07, 6.45) is 2.76. The highest BCUT2D eigenvalue weighted by Gasteiger charge is 2.33. The van der Waals surface area contributed by atoms with Crippen LogP contribution in [0.25, 0.3) is 0 Å². The molecule has 0 saturated carbocycles. The molecule has 1 aromatic carbocycles. The second-order valence-corrected chi connectivity index (χ2v) is 5.36. The van der Waals surface area contributed by atoms with Crippen LogP contribution in [0.2, 0.25) is 0 Å². The summed E-state index contributed by atoms with van der Waals surface area (Å²) in [5, 5.41) is 10.4. The van der Waals surface area contributed by atoms with E-state index in [1.807, 2.05) is 36.2 Å². The van der Waals surface area contributed by atoms with Crippen molar-refractivity contribution in [2.75, 3.05) is 7.05 Å². The molecule has 2 atom stereocenters.